The van der Waals surface area contributed by atoms with Gasteiger partial charge >= 0.3 is 6.18 Å². The van der Waals surface area contributed by atoms with Crippen molar-refractivity contribution in [2.24, 2.45) is 23.7 Å². The van der Waals surface area contributed by atoms with Gasteiger partial charge in [0.1, 0.15) is 0 Å². The number of hydrogen-bond donors (Lipinski definition) is 3. The van der Waals surface area contributed by atoms with Gasteiger partial charge in [-0.3, -0.25) is 29.9 Å². The number of pyridine rings is 1. The van der Waals surface area contributed by atoms with E-state index >= 15 is 4.39 Å². The van der Waals surface area contributed by atoms with E-state index < -0.39 is 92.8 Å². The number of amides is 4. The second-order valence-electron chi connectivity index (χ2n) is 11.9. The number of carbonyl (C=O) groups excluding carboxylic acids is 4. The lowest BCUT2D eigenvalue weighted by atomic mass is 9.49. The largest absolute Gasteiger partial charge is 0.505 e. The Balaban J connectivity index is 1.45. The fourth-order valence-corrected chi connectivity index (χ4v) is 8.14. The molecule has 15 heteroatoms. The number of aromatic nitrogens is 1. The molecule has 4 amide bonds. The molecule has 7 rings (SSSR count). The second kappa shape index (κ2) is 10.8. The van der Waals surface area contributed by atoms with E-state index in [4.69, 9.17) is 23.2 Å². The van der Waals surface area contributed by atoms with Crippen LogP contribution < -0.4 is 10.7 Å². The number of halogens is 6. The minimum absolute atomic E-state index is 0.0437. The molecule has 47 heavy (non-hydrogen) atoms. The number of phenolic OH excluding ortho intramolecular Hbond substituents is 1. The quantitative estimate of drug-likeness (QED) is 0.187. The number of nitrogens with zero attached hydrogens (tertiary/aromatic N) is 2. The predicted molar refractivity (Wildman–Crippen MR) is 158 cm³/mol. The van der Waals surface area contributed by atoms with Gasteiger partial charge in [-0.25, -0.2) is 9.37 Å². The number of nitrogens with one attached hydrogen (secondary N) is 2. The summed E-state index contributed by atoms with van der Waals surface area (Å²) < 4.78 is 54.9. The van der Waals surface area contributed by atoms with Crippen LogP contribution in [0.4, 0.5) is 23.4 Å². The first-order valence-electron chi connectivity index (χ1n) is 14.4. The van der Waals surface area contributed by atoms with Crippen molar-refractivity contribution in [3.05, 3.63) is 98.9 Å². The van der Waals surface area contributed by atoms with Crippen molar-refractivity contribution < 1.29 is 41.8 Å². The maximum absolute atomic E-state index is 15.0. The third-order valence-electron chi connectivity index (χ3n) is 9.73. The zero-order valence-corrected chi connectivity index (χ0v) is 25.3. The van der Waals surface area contributed by atoms with Crippen LogP contribution in [0.25, 0.3) is 0 Å². The maximum Gasteiger partial charge on any atom is 0.417 e. The molecule has 0 unspecified atom stereocenters. The van der Waals surface area contributed by atoms with Crippen LogP contribution in [0.2, 0.25) is 10.0 Å². The van der Waals surface area contributed by atoms with Gasteiger partial charge in [0, 0.05) is 22.7 Å². The van der Waals surface area contributed by atoms with Gasteiger partial charge in [0.25, 0.3) is 11.8 Å². The van der Waals surface area contributed by atoms with Gasteiger partial charge < -0.3 is 5.11 Å². The molecule has 1 aromatic heterocycles. The molecule has 3 N–H and O–H groups in total. The van der Waals surface area contributed by atoms with Crippen LogP contribution in [0, 0.1) is 29.5 Å². The number of rotatable bonds is 4. The molecule has 2 aliphatic carbocycles. The van der Waals surface area contributed by atoms with Gasteiger partial charge in [0.15, 0.2) is 17.4 Å². The van der Waals surface area contributed by atoms with Gasteiger partial charge in [-0.15, -0.1) is 0 Å². The third-order valence-corrected chi connectivity index (χ3v) is 10.3. The van der Waals surface area contributed by atoms with Crippen molar-refractivity contribution >= 4 is 52.6 Å². The number of hydrazine groups is 1. The van der Waals surface area contributed by atoms with E-state index in [-0.39, 0.29) is 24.0 Å². The Bertz CT molecular complexity index is 1920. The van der Waals surface area contributed by atoms with E-state index in [1.165, 1.54) is 36.4 Å². The maximum atomic E-state index is 15.0. The molecule has 0 spiro atoms. The zero-order chi connectivity index (χ0) is 33.6. The third kappa shape index (κ3) is 4.54. The highest BCUT2D eigenvalue weighted by atomic mass is 35.5. The van der Waals surface area contributed by atoms with E-state index in [0.29, 0.717) is 27.9 Å². The van der Waals surface area contributed by atoms with Crippen molar-refractivity contribution in [3.8, 4) is 5.75 Å². The summed E-state index contributed by atoms with van der Waals surface area (Å²) in [5, 5.41) is 13.8. The van der Waals surface area contributed by atoms with E-state index in [2.05, 4.69) is 15.7 Å². The van der Waals surface area contributed by atoms with Crippen molar-refractivity contribution in [1.82, 2.24) is 15.3 Å². The Morgan fingerprint density at radius 1 is 1.02 bits per heavy atom. The summed E-state index contributed by atoms with van der Waals surface area (Å²) in [7, 11) is 0. The van der Waals surface area contributed by atoms with E-state index in [9.17, 15) is 37.5 Å². The molecular formula is C32H22Cl2F4N4O5. The number of fused-ring (bicyclic) bond motifs is 4. The molecule has 1 saturated carbocycles. The normalized spacial score (nSPS) is 28.4. The molecule has 0 radical (unpaired) electrons. The predicted octanol–water partition coefficient (Wildman–Crippen LogP) is 5.52. The van der Waals surface area contributed by atoms with Crippen LogP contribution in [0.5, 0.6) is 5.75 Å². The number of carbonyl (C=O) groups is 4. The van der Waals surface area contributed by atoms with E-state index in [1.54, 1.807) is 6.08 Å². The van der Waals surface area contributed by atoms with Crippen molar-refractivity contribution in [1.29, 1.82) is 0 Å². The first-order valence-corrected chi connectivity index (χ1v) is 15.2. The van der Waals surface area contributed by atoms with Crippen molar-refractivity contribution in [3.63, 3.8) is 0 Å². The average Bonchev–Trinajstić information content (AvgIpc) is 3.43. The first kappa shape index (κ1) is 31.1. The first-order chi connectivity index (χ1) is 22.2. The minimum atomic E-state index is -4.77. The van der Waals surface area contributed by atoms with Crippen LogP contribution in [0.3, 0.4) is 0 Å². The fourth-order valence-electron chi connectivity index (χ4n) is 7.80. The van der Waals surface area contributed by atoms with Crippen LogP contribution in [-0.4, -0.2) is 38.7 Å². The Labute approximate surface area is 273 Å². The minimum Gasteiger partial charge on any atom is -0.505 e. The number of hydrogen-bond acceptors (Lipinski definition) is 7. The van der Waals surface area contributed by atoms with Crippen LogP contribution in [-0.2, 0) is 30.8 Å². The van der Waals surface area contributed by atoms with Crippen LogP contribution >= 0.6 is 23.2 Å². The summed E-state index contributed by atoms with van der Waals surface area (Å²) in [6.07, 6.45) is -2.58. The molecule has 2 aromatic carbocycles. The molecule has 0 bridgehead atoms. The topological polar surface area (TPSA) is 129 Å². The number of alkyl halides is 3. The number of para-hydroxylation sites is 1. The summed E-state index contributed by atoms with van der Waals surface area (Å²) in [5.41, 5.74) is 0.124. The van der Waals surface area contributed by atoms with Crippen molar-refractivity contribution in [2.45, 2.75) is 30.4 Å². The highest BCUT2D eigenvalue weighted by molar-refractivity contribution is 6.33. The summed E-state index contributed by atoms with van der Waals surface area (Å²) >= 11 is 12.3. The molecular weight excluding hydrogens is 667 g/mol. The SMILES string of the molecule is O=C1NC(=O)[C@H]2CC=C3[C@@H](C[C@H]4C(=O)N(Nc5ncc(C(F)(F)F)cc5Cl)C(=O)[C@@]4(c4ccc(Cl)cc4)[C@H]3c3cccc(F)c3O)[C@@H]12. The second-order valence-corrected chi connectivity index (χ2v) is 12.8. The van der Waals surface area contributed by atoms with Gasteiger partial charge in [-0.2, -0.15) is 18.2 Å². The van der Waals surface area contributed by atoms with Gasteiger partial charge in [0.05, 0.1) is 33.8 Å². The summed E-state index contributed by atoms with van der Waals surface area (Å²) in [4.78, 5) is 58.9. The highest BCUT2D eigenvalue weighted by Gasteiger charge is 2.70. The number of allylic oxidation sites excluding steroid dienone is 2. The lowest BCUT2D eigenvalue weighted by Gasteiger charge is -2.50. The molecule has 2 saturated heterocycles. The average molecular weight is 689 g/mol. The fraction of sp³-hybridized carbons (Fsp3) is 0.281. The number of aromatic hydroxyl groups is 1. The summed E-state index contributed by atoms with van der Waals surface area (Å²) in [5.74, 6) is -9.90. The zero-order valence-electron chi connectivity index (χ0n) is 23.8. The Hall–Kier alpha value is -4.49. The monoisotopic (exact) mass is 688 g/mol. The van der Waals surface area contributed by atoms with E-state index in [0.717, 1.165) is 6.07 Å². The Morgan fingerprint density at radius 2 is 1.74 bits per heavy atom. The summed E-state index contributed by atoms with van der Waals surface area (Å²) in [6, 6.07) is 10.4. The lowest BCUT2D eigenvalue weighted by Crippen LogP contribution is -2.53. The Kier molecular flexibility index (Phi) is 7.14. The molecule has 3 aromatic rings. The van der Waals surface area contributed by atoms with E-state index in [1.807, 2.05) is 0 Å². The summed E-state index contributed by atoms with van der Waals surface area (Å²) in [6.45, 7) is 0. The van der Waals surface area contributed by atoms with Gasteiger partial charge in [-0.05, 0) is 48.6 Å². The molecule has 6 atom stereocenters. The molecule has 3 heterocycles. The number of anilines is 1. The smallest absolute Gasteiger partial charge is 0.417 e. The molecule has 9 nitrogen and oxygen atoms in total. The van der Waals surface area contributed by atoms with Crippen LogP contribution in [0.15, 0.2) is 66.4 Å². The van der Waals surface area contributed by atoms with Crippen LogP contribution in [0.1, 0.15) is 35.4 Å². The highest BCUT2D eigenvalue weighted by Crippen LogP contribution is 2.64. The number of imide groups is 2. The van der Waals surface area contributed by atoms with Crippen molar-refractivity contribution in [2.75, 3.05) is 5.43 Å². The molecule has 2 aliphatic heterocycles. The standard InChI is InChI=1S/C32H22Cl2F4N4O5/c33-15-6-4-13(5-7-15)31-20(29(46)42(30(31)47)41-26-21(34)10-14(12-39-26)32(36,37)38)11-19-16(8-9-17-23(19)28(45)40-27(17)44)24(31)18-2-1-3-22(35)25(18)43/h1-8,10,12,17,19-20,23-24,43H,9,11H2,(H,39,41)(H,40,44,45)/t17-,19+,20-,23-,24+,31+/m0/s1. The molecule has 242 valence electrons. The molecule has 4 aliphatic rings. The van der Waals surface area contributed by atoms with Gasteiger partial charge in [0.2, 0.25) is 11.8 Å². The number of phenols is 1. The van der Waals surface area contributed by atoms with Gasteiger partial charge in [-0.1, -0.05) is 59.1 Å². The lowest BCUT2D eigenvalue weighted by molar-refractivity contribution is -0.139. The Morgan fingerprint density at radius 3 is 2.43 bits per heavy atom. The molecule has 3 fully saturated rings. The number of benzene rings is 2.